The number of nitrogens with zero attached hydrogens (tertiary/aromatic N) is 1. The van der Waals surface area contributed by atoms with Crippen molar-refractivity contribution in [3.63, 3.8) is 0 Å². The van der Waals surface area contributed by atoms with Crippen LogP contribution in [0, 0.1) is 0 Å². The highest BCUT2D eigenvalue weighted by molar-refractivity contribution is 6.01. The number of fused-ring (bicyclic) bond motifs is 1. The molecule has 0 fully saturated rings. The molecule has 0 spiro atoms. The standard InChI is InChI=1S/C18H16N2O2.ClH/c1-21-15-4-2-3-12(10-15)13-5-6-16-14(9-13)11-17(22-16)18-19-7-8-20-18;/h2-6,9-11H,7-8H2,1H3,(H,19,20);1H. The van der Waals surface area contributed by atoms with Gasteiger partial charge in [0, 0.05) is 11.9 Å². The molecule has 23 heavy (non-hydrogen) atoms. The van der Waals surface area contributed by atoms with Gasteiger partial charge >= 0.3 is 0 Å². The first-order valence-corrected chi connectivity index (χ1v) is 7.30. The summed E-state index contributed by atoms with van der Waals surface area (Å²) in [5, 5.41) is 4.31. The highest BCUT2D eigenvalue weighted by Crippen LogP contribution is 2.29. The molecule has 1 N–H and O–H groups in total. The van der Waals surface area contributed by atoms with Crippen molar-refractivity contribution in [1.82, 2.24) is 5.32 Å². The smallest absolute Gasteiger partial charge is 0.170 e. The Labute approximate surface area is 140 Å². The monoisotopic (exact) mass is 328 g/mol. The molecule has 0 amide bonds. The van der Waals surface area contributed by atoms with Gasteiger partial charge in [0.15, 0.2) is 11.6 Å². The number of aliphatic imine (C=N–C) groups is 1. The Hall–Kier alpha value is -2.46. The Morgan fingerprint density at radius 2 is 1.96 bits per heavy atom. The molecule has 5 heteroatoms. The predicted octanol–water partition coefficient (Wildman–Crippen LogP) is 3.88. The van der Waals surface area contributed by atoms with Gasteiger partial charge < -0.3 is 14.5 Å². The van der Waals surface area contributed by atoms with Crippen LogP contribution in [-0.2, 0) is 0 Å². The second-order valence-electron chi connectivity index (χ2n) is 5.25. The van der Waals surface area contributed by atoms with Crippen LogP contribution in [0.4, 0.5) is 0 Å². The average Bonchev–Trinajstić information content (AvgIpc) is 3.23. The largest absolute Gasteiger partial charge is 0.497 e. The zero-order chi connectivity index (χ0) is 14.9. The molecule has 4 rings (SSSR count). The van der Waals surface area contributed by atoms with Gasteiger partial charge in [-0.15, -0.1) is 12.4 Å². The maximum atomic E-state index is 5.87. The maximum absolute atomic E-state index is 5.87. The summed E-state index contributed by atoms with van der Waals surface area (Å²) < 4.78 is 11.2. The molecule has 0 unspecified atom stereocenters. The third kappa shape index (κ3) is 2.90. The van der Waals surface area contributed by atoms with Gasteiger partial charge in [0.1, 0.15) is 11.3 Å². The molecular weight excluding hydrogens is 312 g/mol. The molecule has 118 valence electrons. The van der Waals surface area contributed by atoms with Crippen LogP contribution in [0.5, 0.6) is 5.75 Å². The van der Waals surface area contributed by atoms with Crippen molar-refractivity contribution in [1.29, 1.82) is 0 Å². The van der Waals surface area contributed by atoms with E-state index in [1.807, 2.05) is 30.3 Å². The topological polar surface area (TPSA) is 46.8 Å². The fraction of sp³-hybridized carbons (Fsp3) is 0.167. The van der Waals surface area contributed by atoms with Gasteiger partial charge in [-0.1, -0.05) is 18.2 Å². The van der Waals surface area contributed by atoms with Crippen LogP contribution in [0.3, 0.4) is 0 Å². The van der Waals surface area contributed by atoms with E-state index in [2.05, 4.69) is 28.5 Å². The number of amidine groups is 1. The normalized spacial score (nSPS) is 13.3. The van der Waals surface area contributed by atoms with Crippen LogP contribution in [0.1, 0.15) is 5.76 Å². The van der Waals surface area contributed by atoms with Crippen LogP contribution in [0.15, 0.2) is 57.9 Å². The van der Waals surface area contributed by atoms with Gasteiger partial charge in [-0.3, -0.25) is 4.99 Å². The number of hydrogen-bond acceptors (Lipinski definition) is 4. The van der Waals surface area contributed by atoms with E-state index in [1.54, 1.807) is 7.11 Å². The number of rotatable bonds is 3. The summed E-state index contributed by atoms with van der Waals surface area (Å²) in [6.45, 7) is 1.68. The summed E-state index contributed by atoms with van der Waals surface area (Å²) in [5.41, 5.74) is 3.14. The maximum Gasteiger partial charge on any atom is 0.170 e. The predicted molar refractivity (Wildman–Crippen MR) is 94.9 cm³/mol. The molecule has 1 aliphatic rings. The van der Waals surface area contributed by atoms with Gasteiger partial charge in [-0.25, -0.2) is 0 Å². The van der Waals surface area contributed by atoms with Gasteiger partial charge in [0.05, 0.1) is 13.7 Å². The third-order valence-corrected chi connectivity index (χ3v) is 3.83. The van der Waals surface area contributed by atoms with E-state index in [1.165, 1.54) is 0 Å². The number of benzene rings is 2. The number of hydrogen-bond donors (Lipinski definition) is 1. The molecule has 1 aliphatic heterocycles. The molecule has 3 aromatic rings. The second kappa shape index (κ2) is 6.34. The summed E-state index contributed by atoms with van der Waals surface area (Å²) in [4.78, 5) is 4.40. The summed E-state index contributed by atoms with van der Waals surface area (Å²) in [6, 6.07) is 16.3. The molecule has 2 aromatic carbocycles. The van der Waals surface area contributed by atoms with E-state index in [-0.39, 0.29) is 12.4 Å². The zero-order valence-electron chi connectivity index (χ0n) is 12.7. The molecule has 0 saturated carbocycles. The van der Waals surface area contributed by atoms with Crippen molar-refractivity contribution in [3.05, 3.63) is 54.3 Å². The molecule has 0 bridgehead atoms. The number of halogens is 1. The molecule has 0 radical (unpaired) electrons. The number of nitrogens with one attached hydrogen (secondary N) is 1. The molecule has 4 nitrogen and oxygen atoms in total. The Balaban J connectivity index is 0.00000156. The van der Waals surface area contributed by atoms with Crippen LogP contribution in [0.25, 0.3) is 22.1 Å². The van der Waals surface area contributed by atoms with Gasteiger partial charge in [0.2, 0.25) is 0 Å². The first-order valence-electron chi connectivity index (χ1n) is 7.30. The zero-order valence-corrected chi connectivity index (χ0v) is 13.5. The second-order valence-corrected chi connectivity index (χ2v) is 5.25. The Bertz CT molecular complexity index is 870. The van der Waals surface area contributed by atoms with E-state index < -0.39 is 0 Å². The van der Waals surface area contributed by atoms with Crippen molar-refractivity contribution in [3.8, 4) is 16.9 Å². The van der Waals surface area contributed by atoms with Gasteiger partial charge in [-0.05, 0) is 41.5 Å². The van der Waals surface area contributed by atoms with Crippen molar-refractivity contribution in [2.24, 2.45) is 4.99 Å². The van der Waals surface area contributed by atoms with E-state index in [4.69, 9.17) is 9.15 Å². The summed E-state index contributed by atoms with van der Waals surface area (Å²) >= 11 is 0. The number of methoxy groups -OCH3 is 1. The van der Waals surface area contributed by atoms with Crippen LogP contribution in [-0.4, -0.2) is 26.0 Å². The number of ether oxygens (including phenoxy) is 1. The lowest BCUT2D eigenvalue weighted by atomic mass is 10.0. The Morgan fingerprint density at radius 3 is 2.74 bits per heavy atom. The lowest BCUT2D eigenvalue weighted by Gasteiger charge is -2.04. The highest BCUT2D eigenvalue weighted by atomic mass is 35.5. The van der Waals surface area contributed by atoms with Gasteiger partial charge in [0.25, 0.3) is 0 Å². The average molecular weight is 329 g/mol. The minimum absolute atomic E-state index is 0. The van der Waals surface area contributed by atoms with Crippen LogP contribution in [0.2, 0.25) is 0 Å². The molecule has 1 aromatic heterocycles. The van der Waals surface area contributed by atoms with Crippen molar-refractivity contribution in [2.75, 3.05) is 20.2 Å². The van der Waals surface area contributed by atoms with Crippen LogP contribution < -0.4 is 10.1 Å². The molecule has 0 atom stereocenters. The number of furan rings is 1. The quantitative estimate of drug-likeness (QED) is 0.793. The SMILES string of the molecule is COc1cccc(-c2ccc3oc(C4=NCCN4)cc3c2)c1.Cl. The van der Waals surface area contributed by atoms with E-state index in [0.717, 1.165) is 52.5 Å². The van der Waals surface area contributed by atoms with E-state index >= 15 is 0 Å². The minimum Gasteiger partial charge on any atom is -0.497 e. The molecular formula is C18H17ClN2O2. The Morgan fingerprint density at radius 1 is 1.09 bits per heavy atom. The lowest BCUT2D eigenvalue weighted by Crippen LogP contribution is -2.18. The Kier molecular flexibility index (Phi) is 4.26. The fourth-order valence-corrected chi connectivity index (χ4v) is 2.71. The first kappa shape index (κ1) is 15.4. The third-order valence-electron chi connectivity index (χ3n) is 3.83. The van der Waals surface area contributed by atoms with E-state index in [0.29, 0.717) is 0 Å². The van der Waals surface area contributed by atoms with Crippen molar-refractivity contribution >= 4 is 29.2 Å². The van der Waals surface area contributed by atoms with Crippen LogP contribution >= 0.6 is 12.4 Å². The summed E-state index contributed by atoms with van der Waals surface area (Å²) in [5.74, 6) is 2.50. The summed E-state index contributed by atoms with van der Waals surface area (Å²) in [6.07, 6.45) is 0. The molecule has 0 aliphatic carbocycles. The highest BCUT2D eigenvalue weighted by Gasteiger charge is 2.13. The fourth-order valence-electron chi connectivity index (χ4n) is 2.71. The molecule has 0 saturated heterocycles. The lowest BCUT2D eigenvalue weighted by molar-refractivity contribution is 0.415. The van der Waals surface area contributed by atoms with Crippen molar-refractivity contribution in [2.45, 2.75) is 0 Å². The minimum atomic E-state index is 0. The summed E-state index contributed by atoms with van der Waals surface area (Å²) in [7, 11) is 1.68. The van der Waals surface area contributed by atoms with Crippen molar-refractivity contribution < 1.29 is 9.15 Å². The van der Waals surface area contributed by atoms with Gasteiger partial charge in [-0.2, -0.15) is 0 Å². The molecule has 2 heterocycles. The van der Waals surface area contributed by atoms with E-state index in [9.17, 15) is 0 Å². The first-order chi connectivity index (χ1) is 10.8.